The van der Waals surface area contributed by atoms with Gasteiger partial charge in [0.2, 0.25) is 0 Å². The van der Waals surface area contributed by atoms with Crippen molar-refractivity contribution in [2.24, 2.45) is 0 Å². The highest BCUT2D eigenvalue weighted by molar-refractivity contribution is 6.14. The van der Waals surface area contributed by atoms with Crippen molar-refractivity contribution in [3.63, 3.8) is 0 Å². The average molecular weight is 713 g/mol. The van der Waals surface area contributed by atoms with Gasteiger partial charge in [-0.25, -0.2) is 9.97 Å². The minimum absolute atomic E-state index is 0.0962. The second-order valence-electron chi connectivity index (χ2n) is 15.6. The fourth-order valence-electron chi connectivity index (χ4n) is 8.39. The van der Waals surface area contributed by atoms with Gasteiger partial charge in [0, 0.05) is 50.5 Å². The normalized spacial score (nSPS) is 12.1. The topological polar surface area (TPSA) is 44.3 Å². The number of rotatable bonds is 5. The number of hydrogen-bond donors (Lipinski definition) is 0. The smallest absolute Gasteiger partial charge is 0.146 e. The molecule has 5 nitrogen and oxygen atoms in total. The van der Waals surface area contributed by atoms with E-state index in [1.54, 1.807) is 0 Å². The van der Waals surface area contributed by atoms with Gasteiger partial charge in [-0.2, -0.15) is 0 Å². The molecule has 0 amide bonds. The van der Waals surface area contributed by atoms with Crippen LogP contribution in [0.4, 0.5) is 0 Å². The van der Waals surface area contributed by atoms with Crippen LogP contribution in [0.2, 0.25) is 0 Å². The van der Waals surface area contributed by atoms with Gasteiger partial charge in [-0.05, 0) is 84.3 Å². The number of imidazole rings is 1. The van der Waals surface area contributed by atoms with Crippen molar-refractivity contribution in [3.05, 3.63) is 168 Å². The Morgan fingerprint density at radius 2 is 1.13 bits per heavy atom. The van der Waals surface area contributed by atoms with Crippen molar-refractivity contribution in [2.75, 3.05) is 0 Å². The van der Waals surface area contributed by atoms with E-state index in [1.165, 1.54) is 22.1 Å². The lowest BCUT2D eigenvalue weighted by molar-refractivity contribution is 0.484. The van der Waals surface area contributed by atoms with Gasteiger partial charge < -0.3 is 4.74 Å². The molecule has 4 aromatic heterocycles. The van der Waals surface area contributed by atoms with E-state index in [1.807, 2.05) is 12.3 Å². The summed E-state index contributed by atoms with van der Waals surface area (Å²) >= 11 is 0. The zero-order chi connectivity index (χ0) is 37.4. The van der Waals surface area contributed by atoms with Crippen LogP contribution in [0.5, 0.6) is 11.5 Å². The van der Waals surface area contributed by atoms with Crippen LogP contribution < -0.4 is 4.74 Å². The van der Waals surface area contributed by atoms with Crippen molar-refractivity contribution in [2.45, 2.75) is 40.0 Å². The molecule has 0 fully saturated rings. The Balaban J connectivity index is 1.20. The molecule has 0 saturated carbocycles. The van der Waals surface area contributed by atoms with Gasteiger partial charge >= 0.3 is 0 Å². The standard InChI is InChI=1S/C50H40N4O/c1-31-15-6-8-17-35(31)46-47(36-18-9-7-16-32(36)2)54-44-23-13-10-19-38(44)37-26-24-33(29-41(37)48(54)52-46)55-34-25-27-40-39-20-11-12-22-43(39)53(45(40)30-34)49-42(50(3,4)5)21-14-28-51-49/h6-30H,1-5H3. The molecule has 0 radical (unpaired) electrons. The number of para-hydroxylation sites is 2. The minimum Gasteiger partial charge on any atom is -0.457 e. The maximum absolute atomic E-state index is 6.81. The molecule has 0 bridgehead atoms. The molecule has 0 aliphatic heterocycles. The molecule has 55 heavy (non-hydrogen) atoms. The molecule has 0 N–H and O–H groups in total. The van der Waals surface area contributed by atoms with Gasteiger partial charge in [0.15, 0.2) is 0 Å². The van der Waals surface area contributed by atoms with Gasteiger partial charge in [-0.3, -0.25) is 8.97 Å². The highest BCUT2D eigenvalue weighted by atomic mass is 16.5. The predicted molar refractivity (Wildman–Crippen MR) is 228 cm³/mol. The molecular formula is C50H40N4O. The summed E-state index contributed by atoms with van der Waals surface area (Å²) in [7, 11) is 0. The monoisotopic (exact) mass is 712 g/mol. The molecule has 0 aliphatic carbocycles. The third-order valence-corrected chi connectivity index (χ3v) is 11.0. The summed E-state index contributed by atoms with van der Waals surface area (Å²) < 4.78 is 11.5. The molecule has 0 spiro atoms. The quantitative estimate of drug-likeness (QED) is 0.167. The van der Waals surface area contributed by atoms with Gasteiger partial charge in [0.1, 0.15) is 23.0 Å². The van der Waals surface area contributed by atoms with Crippen molar-refractivity contribution >= 4 is 49.1 Å². The van der Waals surface area contributed by atoms with Gasteiger partial charge in [-0.1, -0.05) is 112 Å². The number of fused-ring (bicyclic) bond motifs is 9. The number of nitrogens with zero attached hydrogens (tertiary/aromatic N) is 4. The average Bonchev–Trinajstić information content (AvgIpc) is 3.75. The maximum atomic E-state index is 6.81. The van der Waals surface area contributed by atoms with E-state index in [4.69, 9.17) is 14.7 Å². The van der Waals surface area contributed by atoms with E-state index in [0.717, 1.165) is 83.6 Å². The molecule has 0 aliphatic rings. The van der Waals surface area contributed by atoms with Crippen LogP contribution in [-0.2, 0) is 5.41 Å². The van der Waals surface area contributed by atoms with Crippen molar-refractivity contribution < 1.29 is 4.74 Å². The molecule has 4 heterocycles. The Bertz CT molecular complexity index is 3140. The lowest BCUT2D eigenvalue weighted by Gasteiger charge is -2.23. The first-order valence-electron chi connectivity index (χ1n) is 18.9. The van der Waals surface area contributed by atoms with Gasteiger partial charge in [-0.15, -0.1) is 0 Å². The molecule has 5 heteroatoms. The number of pyridine rings is 2. The van der Waals surface area contributed by atoms with Crippen LogP contribution in [0.25, 0.3) is 77.5 Å². The van der Waals surface area contributed by atoms with Gasteiger partial charge in [0.25, 0.3) is 0 Å². The second kappa shape index (κ2) is 12.4. The maximum Gasteiger partial charge on any atom is 0.146 e. The van der Waals surface area contributed by atoms with E-state index in [2.05, 4.69) is 183 Å². The largest absolute Gasteiger partial charge is 0.457 e. The Labute approximate surface area is 320 Å². The summed E-state index contributed by atoms with van der Waals surface area (Å²) in [6.45, 7) is 11.1. The Kier molecular flexibility index (Phi) is 7.43. The third-order valence-electron chi connectivity index (χ3n) is 11.0. The van der Waals surface area contributed by atoms with Gasteiger partial charge in [0.05, 0.1) is 27.9 Å². The fourth-order valence-corrected chi connectivity index (χ4v) is 8.39. The summed E-state index contributed by atoms with van der Waals surface area (Å²) in [6.07, 6.45) is 1.88. The summed E-state index contributed by atoms with van der Waals surface area (Å²) in [5.74, 6) is 2.44. The highest BCUT2D eigenvalue weighted by Crippen LogP contribution is 2.43. The molecule has 6 aromatic carbocycles. The molecule has 266 valence electrons. The van der Waals surface area contributed by atoms with Crippen LogP contribution in [0.1, 0.15) is 37.5 Å². The Hall–Kier alpha value is -6.72. The number of ether oxygens (including phenoxy) is 1. The van der Waals surface area contributed by atoms with Crippen molar-refractivity contribution in [1.82, 2.24) is 18.9 Å². The number of hydrogen-bond acceptors (Lipinski definition) is 3. The van der Waals surface area contributed by atoms with E-state index in [0.29, 0.717) is 0 Å². The number of aryl methyl sites for hydroxylation is 2. The van der Waals surface area contributed by atoms with E-state index >= 15 is 0 Å². The van der Waals surface area contributed by atoms with Crippen molar-refractivity contribution in [3.8, 4) is 39.8 Å². The minimum atomic E-state index is -0.0962. The molecule has 10 rings (SSSR count). The first-order chi connectivity index (χ1) is 26.8. The van der Waals surface area contributed by atoms with Crippen LogP contribution in [0.3, 0.4) is 0 Å². The molecular weight excluding hydrogens is 673 g/mol. The summed E-state index contributed by atoms with van der Waals surface area (Å²) in [6, 6.07) is 51.4. The summed E-state index contributed by atoms with van der Waals surface area (Å²) in [5.41, 5.74) is 12.0. The lowest BCUT2D eigenvalue weighted by Crippen LogP contribution is -2.16. The molecule has 0 atom stereocenters. The van der Waals surface area contributed by atoms with E-state index in [9.17, 15) is 0 Å². The van der Waals surface area contributed by atoms with E-state index < -0.39 is 0 Å². The van der Waals surface area contributed by atoms with Crippen LogP contribution >= 0.6 is 0 Å². The summed E-state index contributed by atoms with van der Waals surface area (Å²) in [5, 5.41) is 5.67. The number of benzene rings is 6. The Morgan fingerprint density at radius 1 is 0.527 bits per heavy atom. The second-order valence-corrected chi connectivity index (χ2v) is 15.6. The van der Waals surface area contributed by atoms with Crippen LogP contribution in [0.15, 0.2) is 152 Å². The highest BCUT2D eigenvalue weighted by Gasteiger charge is 2.25. The first kappa shape index (κ1) is 32.9. The first-order valence-corrected chi connectivity index (χ1v) is 18.9. The predicted octanol–water partition coefficient (Wildman–Crippen LogP) is 13.2. The Morgan fingerprint density at radius 3 is 1.85 bits per heavy atom. The lowest BCUT2D eigenvalue weighted by atomic mass is 9.87. The zero-order valence-electron chi connectivity index (χ0n) is 31.6. The third kappa shape index (κ3) is 5.22. The number of aromatic nitrogens is 4. The summed E-state index contributed by atoms with van der Waals surface area (Å²) in [4.78, 5) is 10.5. The van der Waals surface area contributed by atoms with Crippen LogP contribution in [0, 0.1) is 13.8 Å². The molecule has 0 unspecified atom stereocenters. The fraction of sp³-hybridized carbons (Fsp3) is 0.120. The molecule has 10 aromatic rings. The molecule has 0 saturated heterocycles. The van der Waals surface area contributed by atoms with Crippen molar-refractivity contribution in [1.29, 1.82) is 0 Å². The SMILES string of the molecule is Cc1ccccc1-c1nc2c3cc(Oc4ccc5c6ccccc6n(-c6ncccc6C(C)(C)C)c5c4)ccc3c3ccccc3n2c1-c1ccccc1C. The zero-order valence-corrected chi connectivity index (χ0v) is 31.6. The van der Waals surface area contributed by atoms with Crippen LogP contribution in [-0.4, -0.2) is 18.9 Å². The van der Waals surface area contributed by atoms with E-state index in [-0.39, 0.29) is 5.41 Å².